The highest BCUT2D eigenvalue weighted by atomic mass is 15.2. The summed E-state index contributed by atoms with van der Waals surface area (Å²) in [4.78, 5) is 4.90. The van der Waals surface area contributed by atoms with Gasteiger partial charge in [0.2, 0.25) is 0 Å². The fraction of sp³-hybridized carbons (Fsp3) is 0.0476. The van der Waals surface area contributed by atoms with Gasteiger partial charge in [-0.25, -0.2) is 0 Å². The number of para-hydroxylation sites is 2. The second-order valence-electron chi connectivity index (χ2n) is 17.8. The molecule has 0 saturated heterocycles. The van der Waals surface area contributed by atoms with Crippen LogP contribution in [0.3, 0.4) is 0 Å². The second kappa shape index (κ2) is 15.6. The lowest BCUT2D eigenvalue weighted by Crippen LogP contribution is -2.18. The van der Waals surface area contributed by atoms with E-state index in [4.69, 9.17) is 0 Å². The zero-order chi connectivity index (χ0) is 43.5. The largest absolute Gasteiger partial charge is 0.310 e. The number of fused-ring (bicyclic) bond motifs is 7. The van der Waals surface area contributed by atoms with Crippen LogP contribution in [0.1, 0.15) is 25.0 Å². The summed E-state index contributed by atoms with van der Waals surface area (Å²) in [6, 6.07) is 89.0. The summed E-state index contributed by atoms with van der Waals surface area (Å²) in [6.45, 7) is 4.82. The van der Waals surface area contributed by atoms with Gasteiger partial charge in [-0.2, -0.15) is 0 Å². The highest BCUT2D eigenvalue weighted by Crippen LogP contribution is 2.58. The number of hydrogen-bond donors (Lipinski definition) is 0. The topological polar surface area (TPSA) is 6.48 Å². The normalized spacial score (nSPS) is 12.6. The standard InChI is InChI=1S/C63H46N2/c1-63(2)59-41-56(64(52-20-5-3-6-21-52)54-34-29-45(30-35-54)50-27-25-43-15-9-11-18-48(43)39-50)42-60(61(59)58-38-33-47-17-13-14-24-57(47)62(58)63)65(53-22-7-4-8-23-53)55-36-31-46(32-37-55)51-28-26-44-16-10-12-19-49(44)40-51/h3-42H,1-2H3. The maximum Gasteiger partial charge on any atom is 0.0564 e. The summed E-state index contributed by atoms with van der Waals surface area (Å²) in [7, 11) is 0. The fourth-order valence-corrected chi connectivity index (χ4v) is 10.4. The molecule has 0 saturated carbocycles. The summed E-state index contributed by atoms with van der Waals surface area (Å²) in [6.07, 6.45) is 0. The number of anilines is 6. The van der Waals surface area contributed by atoms with E-state index >= 15 is 0 Å². The van der Waals surface area contributed by atoms with Crippen molar-refractivity contribution in [2.24, 2.45) is 0 Å². The van der Waals surface area contributed by atoms with Gasteiger partial charge in [-0.3, -0.25) is 0 Å². The maximum atomic E-state index is 2.47. The van der Waals surface area contributed by atoms with Crippen molar-refractivity contribution in [3.8, 4) is 33.4 Å². The maximum absolute atomic E-state index is 2.47. The molecule has 0 spiro atoms. The number of hydrogen-bond acceptors (Lipinski definition) is 2. The average molecular weight is 831 g/mol. The molecule has 0 amide bonds. The Labute approximate surface area is 380 Å². The zero-order valence-electron chi connectivity index (χ0n) is 36.5. The molecular weight excluding hydrogens is 785 g/mol. The lowest BCUT2D eigenvalue weighted by Gasteiger charge is -2.33. The molecule has 2 nitrogen and oxygen atoms in total. The Morgan fingerprint density at radius 1 is 0.308 bits per heavy atom. The molecule has 0 bridgehead atoms. The SMILES string of the molecule is CC1(C)c2cc(N(c3ccccc3)c3ccc(-c4ccc5ccccc5c4)cc3)cc(N(c3ccccc3)c3ccc(-c4ccc5ccccc5c4)cc3)c2-c2ccc3ccccc3c21. The lowest BCUT2D eigenvalue weighted by atomic mass is 9.80. The first-order valence-corrected chi connectivity index (χ1v) is 22.6. The Morgan fingerprint density at radius 3 is 1.31 bits per heavy atom. The van der Waals surface area contributed by atoms with Gasteiger partial charge >= 0.3 is 0 Å². The molecule has 11 aromatic carbocycles. The van der Waals surface area contributed by atoms with Crippen molar-refractivity contribution in [1.29, 1.82) is 0 Å². The van der Waals surface area contributed by atoms with E-state index in [-0.39, 0.29) is 5.41 Å². The van der Waals surface area contributed by atoms with Crippen LogP contribution in [0.25, 0.3) is 65.7 Å². The van der Waals surface area contributed by atoms with Crippen molar-refractivity contribution >= 4 is 66.4 Å². The van der Waals surface area contributed by atoms with Crippen molar-refractivity contribution in [2.45, 2.75) is 19.3 Å². The molecule has 0 aliphatic heterocycles. The van der Waals surface area contributed by atoms with Crippen LogP contribution in [-0.4, -0.2) is 0 Å². The molecule has 0 fully saturated rings. The van der Waals surface area contributed by atoms with Crippen LogP contribution in [0, 0.1) is 0 Å². The Kier molecular flexibility index (Phi) is 9.21. The molecule has 1 aliphatic carbocycles. The Hall–Kier alpha value is -8.20. The fourth-order valence-electron chi connectivity index (χ4n) is 10.4. The number of benzene rings is 11. The van der Waals surface area contributed by atoms with E-state index in [2.05, 4.69) is 266 Å². The summed E-state index contributed by atoms with van der Waals surface area (Å²) in [5, 5.41) is 7.54. The van der Waals surface area contributed by atoms with Crippen LogP contribution < -0.4 is 9.80 Å². The summed E-state index contributed by atoms with van der Waals surface area (Å²) < 4.78 is 0. The van der Waals surface area contributed by atoms with Gasteiger partial charge in [-0.15, -0.1) is 0 Å². The number of rotatable bonds is 8. The molecule has 0 aromatic heterocycles. The van der Waals surface area contributed by atoms with Gasteiger partial charge in [0, 0.05) is 39.4 Å². The van der Waals surface area contributed by atoms with Gasteiger partial charge < -0.3 is 9.80 Å². The molecule has 0 unspecified atom stereocenters. The Morgan fingerprint density at radius 2 is 0.738 bits per heavy atom. The quantitative estimate of drug-likeness (QED) is 0.151. The smallest absolute Gasteiger partial charge is 0.0564 e. The van der Waals surface area contributed by atoms with Crippen molar-refractivity contribution < 1.29 is 0 Å². The van der Waals surface area contributed by atoms with Crippen molar-refractivity contribution in [3.05, 3.63) is 254 Å². The third-order valence-electron chi connectivity index (χ3n) is 13.5. The van der Waals surface area contributed by atoms with Gasteiger partial charge in [0.25, 0.3) is 0 Å². The van der Waals surface area contributed by atoms with Crippen LogP contribution in [0.4, 0.5) is 34.1 Å². The third kappa shape index (κ3) is 6.65. The van der Waals surface area contributed by atoms with Gasteiger partial charge in [0.05, 0.1) is 5.69 Å². The Bertz CT molecular complexity index is 3550. The first-order valence-electron chi connectivity index (χ1n) is 22.6. The van der Waals surface area contributed by atoms with E-state index in [0.717, 1.165) is 34.1 Å². The average Bonchev–Trinajstić information content (AvgIpc) is 3.60. The summed E-state index contributed by atoms with van der Waals surface area (Å²) >= 11 is 0. The summed E-state index contributed by atoms with van der Waals surface area (Å²) in [5.41, 5.74) is 16.3. The van der Waals surface area contributed by atoms with Crippen LogP contribution in [0.2, 0.25) is 0 Å². The molecule has 0 radical (unpaired) electrons. The molecule has 2 heteroatoms. The van der Waals surface area contributed by atoms with Crippen LogP contribution >= 0.6 is 0 Å². The van der Waals surface area contributed by atoms with Gasteiger partial charge in [-0.05, 0) is 144 Å². The van der Waals surface area contributed by atoms with Crippen LogP contribution in [0.15, 0.2) is 243 Å². The third-order valence-corrected chi connectivity index (χ3v) is 13.5. The number of nitrogens with zero attached hydrogens (tertiary/aromatic N) is 2. The minimum absolute atomic E-state index is 0.305. The molecule has 0 heterocycles. The van der Waals surface area contributed by atoms with Crippen molar-refractivity contribution in [2.75, 3.05) is 9.80 Å². The molecule has 1 aliphatic rings. The molecule has 12 rings (SSSR count). The zero-order valence-corrected chi connectivity index (χ0v) is 36.5. The lowest BCUT2D eigenvalue weighted by molar-refractivity contribution is 0.666. The second-order valence-corrected chi connectivity index (χ2v) is 17.8. The van der Waals surface area contributed by atoms with Crippen LogP contribution in [-0.2, 0) is 5.41 Å². The predicted molar refractivity (Wildman–Crippen MR) is 277 cm³/mol. The van der Waals surface area contributed by atoms with Crippen molar-refractivity contribution in [3.63, 3.8) is 0 Å². The van der Waals surface area contributed by atoms with E-state index in [9.17, 15) is 0 Å². The first-order chi connectivity index (χ1) is 32.0. The predicted octanol–water partition coefficient (Wildman–Crippen LogP) is 17.7. The first kappa shape index (κ1) is 38.5. The highest BCUT2D eigenvalue weighted by Gasteiger charge is 2.40. The molecule has 11 aromatic rings. The molecule has 65 heavy (non-hydrogen) atoms. The molecule has 0 atom stereocenters. The highest BCUT2D eigenvalue weighted by molar-refractivity contribution is 6.04. The van der Waals surface area contributed by atoms with Gasteiger partial charge in [0.1, 0.15) is 0 Å². The summed E-state index contributed by atoms with van der Waals surface area (Å²) in [5.74, 6) is 0. The molecule has 0 N–H and O–H groups in total. The minimum atomic E-state index is -0.305. The van der Waals surface area contributed by atoms with E-state index in [0.29, 0.717) is 0 Å². The van der Waals surface area contributed by atoms with E-state index in [1.54, 1.807) is 0 Å². The van der Waals surface area contributed by atoms with Crippen LogP contribution in [0.5, 0.6) is 0 Å². The monoisotopic (exact) mass is 830 g/mol. The van der Waals surface area contributed by atoms with E-state index in [1.807, 2.05) is 0 Å². The van der Waals surface area contributed by atoms with Gasteiger partial charge in [0.15, 0.2) is 0 Å². The van der Waals surface area contributed by atoms with E-state index in [1.165, 1.54) is 76.8 Å². The molecular formula is C63H46N2. The minimum Gasteiger partial charge on any atom is -0.310 e. The van der Waals surface area contributed by atoms with Crippen molar-refractivity contribution in [1.82, 2.24) is 0 Å². The molecule has 308 valence electrons. The Balaban J connectivity index is 1.07. The van der Waals surface area contributed by atoms with Gasteiger partial charge in [-0.1, -0.05) is 184 Å². The van der Waals surface area contributed by atoms with E-state index < -0.39 is 0 Å².